The van der Waals surface area contributed by atoms with Crippen molar-refractivity contribution in [2.75, 3.05) is 26.2 Å². The third kappa shape index (κ3) is 3.34. The van der Waals surface area contributed by atoms with Crippen LogP contribution in [-0.2, 0) is 11.2 Å². The molecule has 20 heavy (non-hydrogen) atoms. The van der Waals surface area contributed by atoms with Crippen molar-refractivity contribution in [1.29, 1.82) is 5.26 Å². The minimum absolute atomic E-state index is 0.0561. The first-order chi connectivity index (χ1) is 9.61. The number of amides is 1. The van der Waals surface area contributed by atoms with Crippen LogP contribution in [0.1, 0.15) is 12.5 Å². The summed E-state index contributed by atoms with van der Waals surface area (Å²) >= 11 is 0. The summed E-state index contributed by atoms with van der Waals surface area (Å²) in [4.78, 5) is 15.9. The second kappa shape index (κ2) is 6.49. The summed E-state index contributed by atoms with van der Waals surface area (Å²) in [5.74, 6) is -0.392. The van der Waals surface area contributed by atoms with Gasteiger partial charge in [0, 0.05) is 26.2 Å². The second-order valence-corrected chi connectivity index (χ2v) is 4.99. The molecule has 1 aromatic rings. The number of halogens is 1. The molecule has 0 aliphatic carbocycles. The van der Waals surface area contributed by atoms with Crippen LogP contribution in [0.3, 0.4) is 0 Å². The summed E-state index contributed by atoms with van der Waals surface area (Å²) in [6.07, 6.45) is 0.0977. The fraction of sp³-hybridized carbons (Fsp3) is 0.467. The minimum atomic E-state index is -0.336. The van der Waals surface area contributed by atoms with Crippen molar-refractivity contribution in [2.24, 2.45) is 0 Å². The Morgan fingerprint density at radius 3 is 2.60 bits per heavy atom. The van der Waals surface area contributed by atoms with Crippen molar-refractivity contribution < 1.29 is 9.18 Å². The maximum atomic E-state index is 13.5. The minimum Gasteiger partial charge on any atom is -0.340 e. The number of benzene rings is 1. The predicted octanol–water partition coefficient (Wildman–Crippen LogP) is 1.42. The highest BCUT2D eigenvalue weighted by atomic mass is 19.1. The van der Waals surface area contributed by atoms with Crippen LogP contribution in [0.5, 0.6) is 0 Å². The van der Waals surface area contributed by atoms with E-state index in [1.165, 1.54) is 6.07 Å². The van der Waals surface area contributed by atoms with Crippen LogP contribution < -0.4 is 0 Å². The Labute approximate surface area is 118 Å². The monoisotopic (exact) mass is 275 g/mol. The van der Waals surface area contributed by atoms with Crippen LogP contribution >= 0.6 is 0 Å². The molecule has 0 aromatic heterocycles. The van der Waals surface area contributed by atoms with Crippen molar-refractivity contribution in [3.63, 3.8) is 0 Å². The summed E-state index contributed by atoms with van der Waals surface area (Å²) in [7, 11) is 0. The van der Waals surface area contributed by atoms with Crippen molar-refractivity contribution in [3.05, 3.63) is 35.6 Å². The van der Waals surface area contributed by atoms with E-state index in [9.17, 15) is 9.18 Å². The number of carbonyl (C=O) groups is 1. The number of rotatable bonds is 3. The lowest BCUT2D eigenvalue weighted by Gasteiger charge is -2.36. The first-order valence-corrected chi connectivity index (χ1v) is 6.76. The molecule has 1 atom stereocenters. The number of nitriles is 1. The van der Waals surface area contributed by atoms with Crippen LogP contribution in [0.25, 0.3) is 0 Å². The molecule has 5 heteroatoms. The molecule has 106 valence electrons. The van der Waals surface area contributed by atoms with E-state index in [2.05, 4.69) is 6.07 Å². The summed E-state index contributed by atoms with van der Waals surface area (Å²) in [5.41, 5.74) is 0.435. The molecule has 4 nitrogen and oxygen atoms in total. The maximum absolute atomic E-state index is 13.5. The van der Waals surface area contributed by atoms with Crippen molar-refractivity contribution >= 4 is 5.91 Å². The maximum Gasteiger partial charge on any atom is 0.227 e. The highest BCUT2D eigenvalue weighted by Gasteiger charge is 2.24. The SMILES string of the molecule is CC(C#N)N1CCN(C(=O)Cc2ccccc2F)CC1. The first kappa shape index (κ1) is 14.5. The lowest BCUT2D eigenvalue weighted by molar-refractivity contribution is -0.132. The van der Waals surface area contributed by atoms with Crippen LogP contribution in [-0.4, -0.2) is 47.9 Å². The largest absolute Gasteiger partial charge is 0.340 e. The lowest BCUT2D eigenvalue weighted by Crippen LogP contribution is -2.51. The number of carbonyl (C=O) groups excluding carboxylic acids is 1. The lowest BCUT2D eigenvalue weighted by atomic mass is 10.1. The number of hydrogen-bond acceptors (Lipinski definition) is 3. The third-order valence-electron chi connectivity index (χ3n) is 3.70. The molecule has 0 spiro atoms. The fourth-order valence-corrected chi connectivity index (χ4v) is 2.36. The van der Waals surface area contributed by atoms with Gasteiger partial charge in [-0.2, -0.15) is 5.26 Å². The molecule has 1 amide bonds. The summed E-state index contributed by atoms with van der Waals surface area (Å²) in [6.45, 7) is 4.44. The zero-order chi connectivity index (χ0) is 14.5. The Kier molecular flexibility index (Phi) is 4.70. The number of piperazine rings is 1. The van der Waals surface area contributed by atoms with E-state index in [4.69, 9.17) is 5.26 Å². The Morgan fingerprint density at radius 2 is 2.00 bits per heavy atom. The number of nitrogens with zero attached hydrogens (tertiary/aromatic N) is 3. The van der Waals surface area contributed by atoms with Gasteiger partial charge in [0.2, 0.25) is 5.91 Å². The normalized spacial score (nSPS) is 17.6. The second-order valence-electron chi connectivity index (χ2n) is 4.99. The van der Waals surface area contributed by atoms with E-state index in [0.717, 1.165) is 0 Å². The van der Waals surface area contributed by atoms with E-state index in [1.54, 1.807) is 23.1 Å². The smallest absolute Gasteiger partial charge is 0.227 e. The van der Waals surface area contributed by atoms with Gasteiger partial charge in [-0.1, -0.05) is 18.2 Å². The van der Waals surface area contributed by atoms with Crippen LogP contribution in [0.2, 0.25) is 0 Å². The first-order valence-electron chi connectivity index (χ1n) is 6.76. The molecule has 1 fully saturated rings. The van der Waals surface area contributed by atoms with Crippen molar-refractivity contribution in [2.45, 2.75) is 19.4 Å². The zero-order valence-corrected chi connectivity index (χ0v) is 11.6. The molecule has 0 radical (unpaired) electrons. The molecule has 2 rings (SSSR count). The Bertz CT molecular complexity index is 518. The average Bonchev–Trinajstić information content (AvgIpc) is 2.49. The van der Waals surface area contributed by atoms with E-state index < -0.39 is 0 Å². The van der Waals surface area contributed by atoms with Gasteiger partial charge in [-0.15, -0.1) is 0 Å². The number of hydrogen-bond donors (Lipinski definition) is 0. The van der Waals surface area contributed by atoms with E-state index in [0.29, 0.717) is 31.7 Å². The highest BCUT2D eigenvalue weighted by molar-refractivity contribution is 5.79. The Morgan fingerprint density at radius 1 is 1.35 bits per heavy atom. The molecule has 1 aliphatic heterocycles. The van der Waals surface area contributed by atoms with Gasteiger partial charge in [0.15, 0.2) is 0 Å². The molecule has 1 heterocycles. The van der Waals surface area contributed by atoms with Crippen LogP contribution in [0.15, 0.2) is 24.3 Å². The quantitative estimate of drug-likeness (QED) is 0.838. The van der Waals surface area contributed by atoms with E-state index in [-0.39, 0.29) is 24.2 Å². The van der Waals surface area contributed by atoms with Crippen LogP contribution in [0, 0.1) is 17.1 Å². The molecule has 1 unspecified atom stereocenters. The van der Waals surface area contributed by atoms with Crippen molar-refractivity contribution in [1.82, 2.24) is 9.80 Å². The molecule has 1 aromatic carbocycles. The molecule has 0 bridgehead atoms. The van der Waals surface area contributed by atoms with Gasteiger partial charge in [-0.05, 0) is 18.6 Å². The summed E-state index contributed by atoms with van der Waals surface area (Å²) in [5, 5.41) is 8.87. The van der Waals surface area contributed by atoms with Gasteiger partial charge in [0.05, 0.1) is 18.5 Å². The molecule has 0 N–H and O–H groups in total. The Balaban J connectivity index is 1.90. The Hall–Kier alpha value is -1.93. The molecule has 1 aliphatic rings. The fourth-order valence-electron chi connectivity index (χ4n) is 2.36. The summed E-state index contributed by atoms with van der Waals surface area (Å²) < 4.78 is 13.5. The van der Waals surface area contributed by atoms with Gasteiger partial charge < -0.3 is 4.90 Å². The zero-order valence-electron chi connectivity index (χ0n) is 11.6. The molecular weight excluding hydrogens is 257 g/mol. The van der Waals surface area contributed by atoms with Gasteiger partial charge in [-0.25, -0.2) is 4.39 Å². The van der Waals surface area contributed by atoms with Crippen LogP contribution in [0.4, 0.5) is 4.39 Å². The topological polar surface area (TPSA) is 47.3 Å². The standard InChI is InChI=1S/C15H18FN3O/c1-12(11-17)18-6-8-19(9-7-18)15(20)10-13-4-2-3-5-14(13)16/h2-5,12H,6-10H2,1H3. The van der Waals surface area contributed by atoms with E-state index >= 15 is 0 Å². The predicted molar refractivity (Wildman–Crippen MR) is 73.3 cm³/mol. The molecule has 0 saturated carbocycles. The van der Waals surface area contributed by atoms with Gasteiger partial charge in [0.25, 0.3) is 0 Å². The van der Waals surface area contributed by atoms with E-state index in [1.807, 2.05) is 11.8 Å². The molecular formula is C15H18FN3O. The molecule has 1 saturated heterocycles. The third-order valence-corrected chi connectivity index (χ3v) is 3.70. The van der Waals surface area contributed by atoms with Gasteiger partial charge in [-0.3, -0.25) is 9.69 Å². The van der Waals surface area contributed by atoms with Crippen molar-refractivity contribution in [3.8, 4) is 6.07 Å². The van der Waals surface area contributed by atoms with Gasteiger partial charge >= 0.3 is 0 Å². The van der Waals surface area contributed by atoms with Gasteiger partial charge in [0.1, 0.15) is 5.82 Å². The summed E-state index contributed by atoms with van der Waals surface area (Å²) in [6, 6.07) is 8.43. The highest BCUT2D eigenvalue weighted by Crippen LogP contribution is 2.11. The average molecular weight is 275 g/mol.